The summed E-state index contributed by atoms with van der Waals surface area (Å²) in [6.07, 6.45) is -4.14. The van der Waals surface area contributed by atoms with E-state index in [0.29, 0.717) is 25.7 Å². The number of allylic oxidation sites excluding steroid dienone is 4. The lowest BCUT2D eigenvalue weighted by Gasteiger charge is -2.56. The van der Waals surface area contributed by atoms with E-state index in [4.69, 9.17) is 23.7 Å². The van der Waals surface area contributed by atoms with Crippen LogP contribution in [0.4, 0.5) is 0 Å². The van der Waals surface area contributed by atoms with Gasteiger partial charge in [-0.25, -0.2) is 4.79 Å². The van der Waals surface area contributed by atoms with Crippen LogP contribution in [0.5, 0.6) is 0 Å². The van der Waals surface area contributed by atoms with Crippen molar-refractivity contribution in [3.63, 3.8) is 0 Å². The van der Waals surface area contributed by atoms with Gasteiger partial charge in [-0.1, -0.05) is 92.2 Å². The van der Waals surface area contributed by atoms with E-state index >= 15 is 0 Å². The summed E-state index contributed by atoms with van der Waals surface area (Å²) in [6.45, 7) is 19.7. The third-order valence-corrected chi connectivity index (χ3v) is 16.2. The molecule has 1 spiro atoms. The minimum Gasteiger partial charge on any atom is -0.458 e. The van der Waals surface area contributed by atoms with Crippen LogP contribution in [-0.4, -0.2) is 160 Å². The Morgan fingerprint density at radius 1 is 0.768 bits per heavy atom. The number of fused-ring (bicyclic) bond motifs is 2. The second-order valence-corrected chi connectivity index (χ2v) is 21.9. The Morgan fingerprint density at radius 3 is 2.07 bits per heavy atom. The topological polar surface area (TPSA) is 266 Å². The normalized spacial score (nSPS) is 46.5. The van der Waals surface area contributed by atoms with Gasteiger partial charge in [-0.05, 0) is 83.5 Å². The molecule has 25 unspecified atom stereocenters. The van der Waals surface area contributed by atoms with E-state index in [9.17, 15) is 55.9 Å². The molecule has 4 heterocycles. The molecule has 4 aliphatic rings. The molecule has 3 fully saturated rings. The summed E-state index contributed by atoms with van der Waals surface area (Å²) in [7, 11) is 0. The number of carbonyl (C=O) groups excluding carboxylic acids is 1. The molecule has 400 valence electrons. The summed E-state index contributed by atoms with van der Waals surface area (Å²) < 4.78 is 32.3. The third-order valence-electron chi connectivity index (χ3n) is 16.2. The number of rotatable bonds is 8. The van der Waals surface area contributed by atoms with E-state index in [-0.39, 0.29) is 61.9 Å². The van der Waals surface area contributed by atoms with Gasteiger partial charge in [0.1, 0.15) is 36.1 Å². The smallest absolute Gasteiger partial charge is 0.330 e. The zero-order chi connectivity index (χ0) is 51.7. The fourth-order valence-corrected chi connectivity index (χ4v) is 11.2. The van der Waals surface area contributed by atoms with E-state index in [2.05, 4.69) is 6.92 Å². The van der Waals surface area contributed by atoms with Gasteiger partial charge in [0.15, 0.2) is 12.1 Å². The minimum atomic E-state index is -2.33. The first-order valence-corrected chi connectivity index (χ1v) is 26.0. The van der Waals surface area contributed by atoms with Gasteiger partial charge in [0.2, 0.25) is 0 Å². The molecule has 0 radical (unpaired) electrons. The molecule has 0 aromatic rings. The largest absolute Gasteiger partial charge is 0.458 e. The summed E-state index contributed by atoms with van der Waals surface area (Å²) in [5.41, 5.74) is -2.33. The van der Waals surface area contributed by atoms with Gasteiger partial charge in [0, 0.05) is 48.5 Å². The average molecular weight is 985 g/mol. The predicted molar refractivity (Wildman–Crippen MR) is 259 cm³/mol. The summed E-state index contributed by atoms with van der Waals surface area (Å²) in [5.74, 6) is -5.20. The molecule has 2 bridgehead atoms. The highest BCUT2D eigenvalue weighted by Gasteiger charge is 2.57. The zero-order valence-electron chi connectivity index (χ0n) is 43.2. The van der Waals surface area contributed by atoms with Gasteiger partial charge in [0.05, 0.1) is 54.9 Å². The molecular formula is C53H92O16. The van der Waals surface area contributed by atoms with Crippen molar-refractivity contribution in [3.8, 4) is 0 Å². The predicted octanol–water partition coefficient (Wildman–Crippen LogP) is 4.21. The van der Waals surface area contributed by atoms with E-state index in [1.807, 2.05) is 45.1 Å². The number of ether oxygens (including phenoxy) is 5. The van der Waals surface area contributed by atoms with Gasteiger partial charge in [-0.3, -0.25) is 0 Å². The monoisotopic (exact) mass is 985 g/mol. The van der Waals surface area contributed by atoms with E-state index in [1.165, 1.54) is 19.1 Å². The molecule has 25 atom stereocenters. The van der Waals surface area contributed by atoms with Crippen molar-refractivity contribution in [1.29, 1.82) is 0 Å². The third kappa shape index (κ3) is 14.9. The molecule has 0 aromatic carbocycles. The van der Waals surface area contributed by atoms with Crippen molar-refractivity contribution in [2.75, 3.05) is 0 Å². The molecule has 0 aliphatic carbocycles. The Bertz CT molecular complexity index is 1640. The zero-order valence-corrected chi connectivity index (χ0v) is 43.2. The van der Waals surface area contributed by atoms with Crippen LogP contribution in [0.1, 0.15) is 140 Å². The van der Waals surface area contributed by atoms with Crippen LogP contribution in [0, 0.1) is 47.3 Å². The Morgan fingerprint density at radius 2 is 1.45 bits per heavy atom. The van der Waals surface area contributed by atoms with Crippen molar-refractivity contribution in [2.24, 2.45) is 47.3 Å². The molecule has 69 heavy (non-hydrogen) atoms. The molecular weight excluding hydrogens is 893 g/mol. The molecule has 0 aromatic heterocycles. The van der Waals surface area contributed by atoms with Crippen LogP contribution in [0.2, 0.25) is 0 Å². The maximum atomic E-state index is 13.9. The standard InChI is InChI=1S/C53H92O16/c1-12-25-52(64)50(62)30(4)16-14-13-15-17-38(27-31(5)54)19-21-40-33(7)48(35(9)53(68-40)26-24-29(3)47(69-53)32(6)36(10)55)66-41(57)22-18-28(2)43(58)34(8)44(59)49(45(60)46(61)51(52)63)67-42-23-20-39(56)37(11)65-42/h13-15,17-18,22,28-40,42-51,54-56,58-64H,12,16,19-21,23-27H2,1-11H3. The van der Waals surface area contributed by atoms with Crippen LogP contribution in [0.25, 0.3) is 0 Å². The van der Waals surface area contributed by atoms with Gasteiger partial charge >= 0.3 is 5.97 Å². The van der Waals surface area contributed by atoms with Crippen molar-refractivity contribution in [3.05, 3.63) is 36.5 Å². The van der Waals surface area contributed by atoms with Crippen molar-refractivity contribution in [2.45, 2.75) is 244 Å². The molecule has 4 aliphatic heterocycles. The average Bonchev–Trinajstić information content (AvgIpc) is 3.31. The van der Waals surface area contributed by atoms with Gasteiger partial charge in [-0.15, -0.1) is 0 Å². The second-order valence-electron chi connectivity index (χ2n) is 21.9. The van der Waals surface area contributed by atoms with Gasteiger partial charge < -0.3 is 74.7 Å². The molecule has 10 N–H and O–H groups in total. The quantitative estimate of drug-likeness (QED) is 0.153. The Kier molecular flexibility index (Phi) is 22.8. The maximum Gasteiger partial charge on any atom is 0.330 e. The fraction of sp³-hybridized carbons (Fsp3) is 0.868. The van der Waals surface area contributed by atoms with E-state index in [0.717, 1.165) is 6.42 Å². The number of aliphatic hydroxyl groups is 10. The molecule has 0 saturated carbocycles. The molecule has 16 nitrogen and oxygen atoms in total. The number of aliphatic hydroxyl groups excluding tert-OH is 9. The maximum absolute atomic E-state index is 13.9. The lowest BCUT2D eigenvalue weighted by atomic mass is 9.74. The van der Waals surface area contributed by atoms with Gasteiger partial charge in [0.25, 0.3) is 0 Å². The van der Waals surface area contributed by atoms with Crippen molar-refractivity contribution in [1.82, 2.24) is 0 Å². The lowest BCUT2D eigenvalue weighted by molar-refractivity contribution is -0.375. The molecule has 3 saturated heterocycles. The van der Waals surface area contributed by atoms with E-state index in [1.54, 1.807) is 41.5 Å². The first-order chi connectivity index (χ1) is 32.3. The highest BCUT2D eigenvalue weighted by atomic mass is 16.7. The van der Waals surface area contributed by atoms with Crippen LogP contribution in [0.3, 0.4) is 0 Å². The Labute approximate surface area is 411 Å². The number of carbonyl (C=O) groups is 1. The SMILES string of the molecule is CCCC1(O)C(O)C(C)CC=CC=CC(CC(C)O)CCC2OC3(CCC(C)C(C(C)C(C)O)O3)C(C)C(OC(=O)C=CC(C)C(O)C(C)C(O)C(OC3CCC(O)C(C)O3)C(O)C(O)C1O)C2C. The second kappa shape index (κ2) is 26.4. The number of hydrogen-bond donors (Lipinski definition) is 10. The van der Waals surface area contributed by atoms with Crippen LogP contribution in [-0.2, 0) is 28.5 Å². The van der Waals surface area contributed by atoms with Gasteiger partial charge in [-0.2, -0.15) is 0 Å². The summed E-state index contributed by atoms with van der Waals surface area (Å²) in [6, 6.07) is 0. The minimum absolute atomic E-state index is 0.0828. The lowest BCUT2D eigenvalue weighted by Crippen LogP contribution is -2.63. The van der Waals surface area contributed by atoms with E-state index < -0.39 is 127 Å². The molecule has 16 heteroatoms. The first kappa shape index (κ1) is 59.7. The Balaban J connectivity index is 1.76. The molecule has 4 rings (SSSR count). The summed E-state index contributed by atoms with van der Waals surface area (Å²) in [4.78, 5) is 13.9. The number of esters is 1. The van der Waals surface area contributed by atoms with Crippen LogP contribution >= 0.6 is 0 Å². The van der Waals surface area contributed by atoms with Crippen LogP contribution < -0.4 is 0 Å². The van der Waals surface area contributed by atoms with Crippen molar-refractivity contribution < 1.29 is 79.5 Å². The highest BCUT2D eigenvalue weighted by molar-refractivity contribution is 5.82. The first-order valence-electron chi connectivity index (χ1n) is 26.0. The van der Waals surface area contributed by atoms with Crippen LogP contribution in [0.15, 0.2) is 36.5 Å². The summed E-state index contributed by atoms with van der Waals surface area (Å²) >= 11 is 0. The fourth-order valence-electron chi connectivity index (χ4n) is 11.2. The summed E-state index contributed by atoms with van der Waals surface area (Å²) in [5, 5.41) is 114. The Hall–Kier alpha value is -1.87. The number of hydrogen-bond acceptors (Lipinski definition) is 16. The van der Waals surface area contributed by atoms with Crippen molar-refractivity contribution >= 4 is 5.97 Å². The highest BCUT2D eigenvalue weighted by Crippen LogP contribution is 2.49. The molecule has 0 amide bonds.